The molecule has 2 atom stereocenters. The Morgan fingerprint density at radius 3 is 2.00 bits per heavy atom. The second-order valence-electron chi connectivity index (χ2n) is 8.77. The molecule has 2 aliphatic rings. The van der Waals surface area contributed by atoms with Gasteiger partial charge in [0.1, 0.15) is 0 Å². The molecule has 2 aliphatic heterocycles. The van der Waals surface area contributed by atoms with Gasteiger partial charge < -0.3 is 5.32 Å². The molecular formula is C27H37Cl2N5. The van der Waals surface area contributed by atoms with Gasteiger partial charge in [-0.25, -0.2) is 0 Å². The van der Waals surface area contributed by atoms with Crippen molar-refractivity contribution in [3.05, 3.63) is 71.8 Å². The Labute approximate surface area is 217 Å². The van der Waals surface area contributed by atoms with Gasteiger partial charge in [-0.2, -0.15) is 10.5 Å². The van der Waals surface area contributed by atoms with Crippen molar-refractivity contribution in [1.82, 2.24) is 15.1 Å². The van der Waals surface area contributed by atoms with Crippen LogP contribution < -0.4 is 5.32 Å². The van der Waals surface area contributed by atoms with Crippen LogP contribution in [-0.2, 0) is 13.1 Å². The van der Waals surface area contributed by atoms with Gasteiger partial charge in [0.15, 0.2) is 0 Å². The molecule has 184 valence electrons. The molecule has 0 saturated carbocycles. The molecule has 0 aliphatic carbocycles. The van der Waals surface area contributed by atoms with Crippen LogP contribution in [0.4, 0.5) is 0 Å². The number of nitriles is 2. The van der Waals surface area contributed by atoms with Gasteiger partial charge in [-0.15, -0.1) is 24.8 Å². The second-order valence-corrected chi connectivity index (χ2v) is 8.77. The van der Waals surface area contributed by atoms with Gasteiger partial charge in [-0.3, -0.25) is 9.80 Å². The standard InChI is InChI=1S/C20H23N3.C7H12N2.2ClH/c21-12-11-20-17-22(15-18-7-3-1-4-8-18)13-14-23(20)16-19-9-5-2-6-10-19;8-4-3-7-2-1-5-9-6-7;;/h1-10,20H,11,13-17H2;7,9H,1-3,5-6H2;2*1H. The lowest BCUT2D eigenvalue weighted by atomic mass is 9.97. The van der Waals surface area contributed by atoms with E-state index in [1.807, 2.05) is 6.07 Å². The van der Waals surface area contributed by atoms with Crippen LogP contribution >= 0.6 is 24.8 Å². The van der Waals surface area contributed by atoms with Crippen LogP contribution in [0, 0.1) is 28.6 Å². The summed E-state index contributed by atoms with van der Waals surface area (Å²) in [5.74, 6) is 0.628. The predicted octanol–water partition coefficient (Wildman–Crippen LogP) is 5.03. The summed E-state index contributed by atoms with van der Waals surface area (Å²) in [5.41, 5.74) is 2.67. The molecule has 2 heterocycles. The predicted molar refractivity (Wildman–Crippen MR) is 143 cm³/mol. The van der Waals surface area contributed by atoms with E-state index in [1.165, 1.54) is 24.0 Å². The monoisotopic (exact) mass is 501 g/mol. The largest absolute Gasteiger partial charge is 0.316 e. The third-order valence-electron chi connectivity index (χ3n) is 6.27. The summed E-state index contributed by atoms with van der Waals surface area (Å²) in [5, 5.41) is 20.8. The highest BCUT2D eigenvalue weighted by molar-refractivity contribution is 5.85. The topological polar surface area (TPSA) is 66.1 Å². The Morgan fingerprint density at radius 2 is 1.44 bits per heavy atom. The number of nitrogens with zero attached hydrogens (tertiary/aromatic N) is 4. The maximum Gasteiger partial charge on any atom is 0.0638 e. The van der Waals surface area contributed by atoms with Gasteiger partial charge >= 0.3 is 0 Å². The Kier molecular flexibility index (Phi) is 15.3. The maximum atomic E-state index is 9.18. The molecule has 2 unspecified atom stereocenters. The zero-order chi connectivity index (χ0) is 22.4. The minimum atomic E-state index is 0. The average molecular weight is 503 g/mol. The lowest BCUT2D eigenvalue weighted by molar-refractivity contribution is 0.0662. The van der Waals surface area contributed by atoms with E-state index in [-0.39, 0.29) is 24.8 Å². The molecule has 2 aromatic carbocycles. The third-order valence-corrected chi connectivity index (χ3v) is 6.27. The molecule has 2 aromatic rings. The summed E-state index contributed by atoms with van der Waals surface area (Å²) in [6.45, 7) is 7.15. The fourth-order valence-corrected chi connectivity index (χ4v) is 4.49. The first-order chi connectivity index (χ1) is 15.8. The molecule has 0 amide bonds. The van der Waals surface area contributed by atoms with E-state index < -0.39 is 0 Å². The van der Waals surface area contributed by atoms with Crippen LogP contribution in [0.1, 0.15) is 36.8 Å². The molecule has 0 radical (unpaired) electrons. The van der Waals surface area contributed by atoms with E-state index in [0.29, 0.717) is 18.4 Å². The summed E-state index contributed by atoms with van der Waals surface area (Å²) >= 11 is 0. The quantitative estimate of drug-likeness (QED) is 0.600. The third kappa shape index (κ3) is 10.4. The van der Waals surface area contributed by atoms with Gasteiger partial charge in [0.05, 0.1) is 18.6 Å². The Bertz CT molecular complexity index is 860. The minimum Gasteiger partial charge on any atom is -0.316 e. The van der Waals surface area contributed by atoms with Gasteiger partial charge in [0.25, 0.3) is 0 Å². The number of piperidine rings is 1. The number of piperazine rings is 1. The van der Waals surface area contributed by atoms with Crippen LogP contribution in [0.15, 0.2) is 60.7 Å². The van der Waals surface area contributed by atoms with Crippen LogP contribution in [-0.4, -0.2) is 48.6 Å². The molecule has 1 N–H and O–H groups in total. The van der Waals surface area contributed by atoms with Crippen LogP contribution in [0.3, 0.4) is 0 Å². The van der Waals surface area contributed by atoms with Crippen LogP contribution in [0.2, 0.25) is 0 Å². The first kappa shape index (κ1) is 29.9. The van der Waals surface area contributed by atoms with E-state index >= 15 is 0 Å². The van der Waals surface area contributed by atoms with Crippen molar-refractivity contribution in [2.75, 3.05) is 32.7 Å². The first-order valence-corrected chi connectivity index (χ1v) is 11.8. The maximum absolute atomic E-state index is 9.18. The molecule has 2 fully saturated rings. The minimum absolute atomic E-state index is 0. The fraction of sp³-hybridized carbons (Fsp3) is 0.481. The molecular weight excluding hydrogens is 465 g/mol. The zero-order valence-corrected chi connectivity index (χ0v) is 21.4. The summed E-state index contributed by atoms with van der Waals surface area (Å²) in [6, 6.07) is 26.0. The molecule has 0 aromatic heterocycles. The van der Waals surface area contributed by atoms with Crippen LogP contribution in [0.25, 0.3) is 0 Å². The van der Waals surface area contributed by atoms with Crippen molar-refractivity contribution in [3.8, 4) is 12.1 Å². The van der Waals surface area contributed by atoms with Crippen molar-refractivity contribution in [1.29, 1.82) is 10.5 Å². The molecule has 0 spiro atoms. The Morgan fingerprint density at radius 1 is 0.824 bits per heavy atom. The lowest BCUT2D eigenvalue weighted by Crippen LogP contribution is -2.52. The average Bonchev–Trinajstić information content (AvgIpc) is 2.84. The molecule has 7 heteroatoms. The second kappa shape index (κ2) is 17.3. The van der Waals surface area contributed by atoms with Gasteiger partial charge in [-0.1, -0.05) is 60.7 Å². The van der Waals surface area contributed by atoms with Crippen molar-refractivity contribution < 1.29 is 0 Å². The van der Waals surface area contributed by atoms with Gasteiger partial charge in [-0.05, 0) is 43.0 Å². The Balaban J connectivity index is 0.000000448. The van der Waals surface area contributed by atoms with E-state index in [4.69, 9.17) is 5.26 Å². The van der Waals surface area contributed by atoms with E-state index in [2.05, 4.69) is 81.9 Å². The van der Waals surface area contributed by atoms with Gasteiger partial charge in [0.2, 0.25) is 0 Å². The lowest BCUT2D eigenvalue weighted by Gasteiger charge is -2.40. The van der Waals surface area contributed by atoms with Crippen molar-refractivity contribution in [2.24, 2.45) is 5.92 Å². The highest BCUT2D eigenvalue weighted by atomic mass is 35.5. The summed E-state index contributed by atoms with van der Waals surface area (Å²) < 4.78 is 0. The summed E-state index contributed by atoms with van der Waals surface area (Å²) in [4.78, 5) is 4.93. The number of halogens is 2. The molecule has 34 heavy (non-hydrogen) atoms. The first-order valence-electron chi connectivity index (χ1n) is 11.8. The number of rotatable bonds is 6. The molecule has 2 saturated heterocycles. The molecule has 0 bridgehead atoms. The number of benzene rings is 2. The zero-order valence-electron chi connectivity index (χ0n) is 19.8. The fourth-order valence-electron chi connectivity index (χ4n) is 4.49. The SMILES string of the molecule is Cl.Cl.N#CCC1CCCNC1.N#CCC1CN(Cc2ccccc2)CCN1Cc1ccccc1. The number of nitrogens with one attached hydrogen (secondary N) is 1. The highest BCUT2D eigenvalue weighted by Crippen LogP contribution is 2.18. The van der Waals surface area contributed by atoms with Crippen LogP contribution in [0.5, 0.6) is 0 Å². The summed E-state index contributed by atoms with van der Waals surface area (Å²) in [6.07, 6.45) is 3.80. The van der Waals surface area contributed by atoms with Gasteiger partial charge in [0, 0.05) is 45.2 Å². The van der Waals surface area contributed by atoms with E-state index in [1.54, 1.807) is 0 Å². The van der Waals surface area contributed by atoms with E-state index in [9.17, 15) is 5.26 Å². The van der Waals surface area contributed by atoms with Crippen molar-refractivity contribution in [3.63, 3.8) is 0 Å². The molecule has 4 rings (SSSR count). The normalized spacial score (nSPS) is 20.3. The smallest absolute Gasteiger partial charge is 0.0638 e. The van der Waals surface area contributed by atoms with Crippen molar-refractivity contribution in [2.45, 2.75) is 44.8 Å². The Hall–Kier alpha value is -2.12. The highest BCUT2D eigenvalue weighted by Gasteiger charge is 2.26. The van der Waals surface area contributed by atoms with Crippen molar-refractivity contribution >= 4 is 24.8 Å². The summed E-state index contributed by atoms with van der Waals surface area (Å²) in [7, 11) is 0. The van der Waals surface area contributed by atoms with E-state index in [0.717, 1.165) is 52.2 Å². The molecule has 5 nitrogen and oxygen atoms in total. The number of hydrogen-bond acceptors (Lipinski definition) is 5. The number of hydrogen-bond donors (Lipinski definition) is 1.